The molecule has 1 aromatic heterocycles. The van der Waals surface area contributed by atoms with Gasteiger partial charge in [0.25, 0.3) is 5.91 Å². The Balaban J connectivity index is 1.25. The van der Waals surface area contributed by atoms with E-state index in [1.54, 1.807) is 12.1 Å². The highest BCUT2D eigenvalue weighted by Gasteiger charge is 2.32. The molecule has 0 N–H and O–H groups in total. The predicted molar refractivity (Wildman–Crippen MR) is 145 cm³/mol. The fourth-order valence-corrected chi connectivity index (χ4v) is 6.96. The summed E-state index contributed by atoms with van der Waals surface area (Å²) in [4.78, 5) is 26.3. The lowest BCUT2D eigenvalue weighted by atomic mass is 9.94. The monoisotopic (exact) mass is 582 g/mol. The van der Waals surface area contributed by atoms with Gasteiger partial charge in [-0.05, 0) is 88.6 Å². The maximum atomic E-state index is 13.3. The van der Waals surface area contributed by atoms with Gasteiger partial charge < -0.3 is 14.5 Å². The van der Waals surface area contributed by atoms with Crippen molar-refractivity contribution in [3.63, 3.8) is 0 Å². The molecule has 4 rings (SSSR count). The van der Waals surface area contributed by atoms with Crippen LogP contribution < -0.4 is 4.74 Å². The number of ether oxygens (including phenoxy) is 1. The number of halogens is 3. The SMILES string of the molecule is Cc1c(CCCc2ccc(OC(F)(F)F)cc2)ncnc1C(=O)N1CCC(N2CCC(CS(C)(=O)=O)CC2)CC1. The molecule has 220 valence electrons. The van der Waals surface area contributed by atoms with E-state index in [0.29, 0.717) is 37.7 Å². The van der Waals surface area contributed by atoms with E-state index >= 15 is 0 Å². The molecule has 12 heteroatoms. The first-order valence-corrected chi connectivity index (χ1v) is 15.8. The van der Waals surface area contributed by atoms with Crippen LogP contribution in [-0.4, -0.2) is 84.7 Å². The van der Waals surface area contributed by atoms with Crippen molar-refractivity contribution < 1.29 is 31.1 Å². The first-order valence-electron chi connectivity index (χ1n) is 13.7. The molecule has 0 atom stereocenters. The number of rotatable bonds is 9. The van der Waals surface area contributed by atoms with E-state index < -0.39 is 16.2 Å². The van der Waals surface area contributed by atoms with E-state index in [-0.39, 0.29) is 23.3 Å². The highest BCUT2D eigenvalue weighted by atomic mass is 32.2. The van der Waals surface area contributed by atoms with Gasteiger partial charge in [-0.15, -0.1) is 13.2 Å². The topological polar surface area (TPSA) is 92.7 Å². The predicted octanol–water partition coefficient (Wildman–Crippen LogP) is 4.22. The number of hydrogen-bond acceptors (Lipinski definition) is 7. The van der Waals surface area contributed by atoms with Crippen LogP contribution in [0.1, 0.15) is 59.4 Å². The largest absolute Gasteiger partial charge is 0.573 e. The second-order valence-corrected chi connectivity index (χ2v) is 13.1. The van der Waals surface area contributed by atoms with Crippen LogP contribution in [0.15, 0.2) is 30.6 Å². The van der Waals surface area contributed by atoms with Gasteiger partial charge in [0, 0.05) is 36.6 Å². The van der Waals surface area contributed by atoms with Crippen LogP contribution in [0.25, 0.3) is 0 Å². The van der Waals surface area contributed by atoms with E-state index in [1.165, 1.54) is 24.7 Å². The minimum absolute atomic E-state index is 0.0910. The Hall–Kier alpha value is -2.73. The molecule has 1 amide bonds. The molecule has 2 aliphatic rings. The number of alkyl halides is 3. The van der Waals surface area contributed by atoms with Crippen LogP contribution in [0.4, 0.5) is 13.2 Å². The molecule has 0 spiro atoms. The summed E-state index contributed by atoms with van der Waals surface area (Å²) < 4.78 is 64.2. The minimum atomic E-state index is -4.71. The third-order valence-electron chi connectivity index (χ3n) is 7.88. The lowest BCUT2D eigenvalue weighted by Crippen LogP contribution is -2.49. The molecule has 40 heavy (non-hydrogen) atoms. The summed E-state index contributed by atoms with van der Waals surface area (Å²) in [7, 11) is -2.95. The molecular formula is C28H37F3N4O4S. The first kappa shape index (κ1) is 30.2. The Morgan fingerprint density at radius 2 is 1.65 bits per heavy atom. The summed E-state index contributed by atoms with van der Waals surface area (Å²) in [6.45, 7) is 4.97. The molecule has 1 aromatic carbocycles. The number of nitrogens with zero attached hydrogens (tertiary/aromatic N) is 4. The number of amides is 1. The zero-order valence-corrected chi connectivity index (χ0v) is 23.8. The van der Waals surface area contributed by atoms with Crippen LogP contribution in [0, 0.1) is 12.8 Å². The lowest BCUT2D eigenvalue weighted by Gasteiger charge is -2.41. The van der Waals surface area contributed by atoms with Crippen molar-refractivity contribution in [2.75, 3.05) is 38.2 Å². The molecule has 0 unspecified atom stereocenters. The molecule has 0 radical (unpaired) electrons. The van der Waals surface area contributed by atoms with Gasteiger partial charge >= 0.3 is 6.36 Å². The van der Waals surface area contributed by atoms with Gasteiger partial charge in [-0.2, -0.15) is 0 Å². The van der Waals surface area contributed by atoms with Crippen LogP contribution in [0.2, 0.25) is 0 Å². The number of benzene rings is 1. The van der Waals surface area contributed by atoms with Gasteiger partial charge in [-0.25, -0.2) is 18.4 Å². The summed E-state index contributed by atoms with van der Waals surface area (Å²) in [6.07, 6.45) is 3.56. The van der Waals surface area contributed by atoms with Crippen LogP contribution in [-0.2, 0) is 22.7 Å². The molecule has 2 fully saturated rings. The maximum absolute atomic E-state index is 13.3. The highest BCUT2D eigenvalue weighted by Crippen LogP contribution is 2.26. The quantitative estimate of drug-likeness (QED) is 0.437. The molecular weight excluding hydrogens is 545 g/mol. The van der Waals surface area contributed by atoms with E-state index in [2.05, 4.69) is 19.6 Å². The van der Waals surface area contributed by atoms with Gasteiger partial charge in [0.05, 0.1) is 5.75 Å². The summed E-state index contributed by atoms with van der Waals surface area (Å²) in [5, 5.41) is 0. The summed E-state index contributed by atoms with van der Waals surface area (Å²) in [5.74, 6) is 0.166. The first-order chi connectivity index (χ1) is 18.9. The van der Waals surface area contributed by atoms with E-state index in [4.69, 9.17) is 0 Å². The van der Waals surface area contributed by atoms with Gasteiger partial charge in [-0.1, -0.05) is 12.1 Å². The Labute approximate surface area is 233 Å². The van der Waals surface area contributed by atoms with Crippen molar-refractivity contribution in [3.8, 4) is 5.75 Å². The number of piperidine rings is 2. The van der Waals surface area contributed by atoms with Crippen LogP contribution in [0.3, 0.4) is 0 Å². The zero-order chi connectivity index (χ0) is 28.9. The lowest BCUT2D eigenvalue weighted by molar-refractivity contribution is -0.274. The Bertz CT molecular complexity index is 1260. The minimum Gasteiger partial charge on any atom is -0.406 e. The number of hydrogen-bond donors (Lipinski definition) is 0. The van der Waals surface area contributed by atoms with Crippen molar-refractivity contribution in [2.24, 2.45) is 5.92 Å². The zero-order valence-electron chi connectivity index (χ0n) is 23.0. The third kappa shape index (κ3) is 8.63. The van der Waals surface area contributed by atoms with Gasteiger partial charge in [0.2, 0.25) is 0 Å². The van der Waals surface area contributed by atoms with E-state index in [1.807, 2.05) is 11.8 Å². The van der Waals surface area contributed by atoms with Crippen molar-refractivity contribution in [1.82, 2.24) is 19.8 Å². The normalized spacial score (nSPS) is 18.2. The third-order valence-corrected chi connectivity index (χ3v) is 8.96. The standard InChI is InChI=1S/C28H37F3N4O4S/c1-20-25(5-3-4-21-6-8-24(9-7-21)39-28(29,30)31)32-19-33-26(20)27(36)35-16-12-23(13-17-35)34-14-10-22(11-15-34)18-40(2,37)38/h6-9,19,22-23H,3-5,10-18H2,1-2H3. The molecule has 2 aliphatic heterocycles. The number of carbonyl (C=O) groups is 1. The summed E-state index contributed by atoms with van der Waals surface area (Å²) >= 11 is 0. The number of sulfone groups is 1. The number of aryl methyl sites for hydroxylation is 2. The Morgan fingerprint density at radius 1 is 1.00 bits per heavy atom. The molecule has 2 aromatic rings. The highest BCUT2D eigenvalue weighted by molar-refractivity contribution is 7.90. The van der Waals surface area contributed by atoms with E-state index in [0.717, 1.165) is 62.0 Å². The molecule has 0 aliphatic carbocycles. The Kier molecular flexibility index (Phi) is 9.71. The van der Waals surface area contributed by atoms with Gasteiger partial charge in [-0.3, -0.25) is 4.79 Å². The van der Waals surface area contributed by atoms with Crippen LogP contribution >= 0.6 is 0 Å². The van der Waals surface area contributed by atoms with Gasteiger partial charge in [0.15, 0.2) is 0 Å². The van der Waals surface area contributed by atoms with Gasteiger partial charge in [0.1, 0.15) is 27.6 Å². The summed E-state index contributed by atoms with van der Waals surface area (Å²) in [6, 6.07) is 6.24. The fourth-order valence-electron chi connectivity index (χ4n) is 5.77. The van der Waals surface area contributed by atoms with Crippen LogP contribution in [0.5, 0.6) is 5.75 Å². The molecule has 8 nitrogen and oxygen atoms in total. The number of aromatic nitrogens is 2. The van der Waals surface area contributed by atoms with Crippen molar-refractivity contribution in [2.45, 2.75) is 64.3 Å². The number of likely N-dealkylation sites (tertiary alicyclic amines) is 2. The van der Waals surface area contributed by atoms with Crippen molar-refractivity contribution in [1.29, 1.82) is 0 Å². The van der Waals surface area contributed by atoms with E-state index in [9.17, 15) is 26.4 Å². The molecule has 0 bridgehead atoms. The second-order valence-electron chi connectivity index (χ2n) is 10.9. The smallest absolute Gasteiger partial charge is 0.406 e. The number of carbonyl (C=O) groups excluding carboxylic acids is 1. The average Bonchev–Trinajstić information content (AvgIpc) is 2.89. The summed E-state index contributed by atoms with van der Waals surface area (Å²) in [5.41, 5.74) is 2.86. The van der Waals surface area contributed by atoms with Crippen molar-refractivity contribution >= 4 is 15.7 Å². The molecule has 2 saturated heterocycles. The van der Waals surface area contributed by atoms with Crippen molar-refractivity contribution in [3.05, 3.63) is 53.1 Å². The molecule has 0 saturated carbocycles. The Morgan fingerprint density at radius 3 is 2.25 bits per heavy atom. The second kappa shape index (κ2) is 12.8. The average molecular weight is 583 g/mol. The maximum Gasteiger partial charge on any atom is 0.573 e. The fraction of sp³-hybridized carbons (Fsp3) is 0.607. The molecule has 3 heterocycles.